The third-order valence-electron chi connectivity index (χ3n) is 2.61. The van der Waals surface area contributed by atoms with E-state index in [4.69, 9.17) is 0 Å². The lowest BCUT2D eigenvalue weighted by Crippen LogP contribution is -2.36. The van der Waals surface area contributed by atoms with E-state index in [1.54, 1.807) is 0 Å². The Hall–Kier alpha value is -0.570. The van der Waals surface area contributed by atoms with E-state index in [9.17, 15) is 17.2 Å². The van der Waals surface area contributed by atoms with Crippen LogP contribution in [0.4, 0.5) is 8.78 Å². The summed E-state index contributed by atoms with van der Waals surface area (Å²) in [7, 11) is -4.00. The largest absolute Gasteiger partial charge is 0.315 e. The third kappa shape index (κ3) is 2.87. The van der Waals surface area contributed by atoms with E-state index in [1.165, 1.54) is 0 Å². The number of halogens is 3. The van der Waals surface area contributed by atoms with E-state index in [-0.39, 0.29) is 10.5 Å². The van der Waals surface area contributed by atoms with Crippen LogP contribution in [0.25, 0.3) is 0 Å². The molecule has 0 saturated carbocycles. The molecule has 2 N–H and O–H groups in total. The van der Waals surface area contributed by atoms with Gasteiger partial charge in [-0.05, 0) is 35.0 Å². The lowest BCUT2D eigenvalue weighted by atomic mass is 10.3. The van der Waals surface area contributed by atoms with Gasteiger partial charge in [0.2, 0.25) is 10.0 Å². The van der Waals surface area contributed by atoms with Crippen LogP contribution in [-0.4, -0.2) is 27.5 Å². The van der Waals surface area contributed by atoms with Crippen LogP contribution in [0.2, 0.25) is 0 Å². The predicted octanol–water partition coefficient (Wildman–Crippen LogP) is 1.37. The summed E-state index contributed by atoms with van der Waals surface area (Å²) in [5, 5.41) is 2.99. The van der Waals surface area contributed by atoms with Gasteiger partial charge in [-0.1, -0.05) is 0 Å². The minimum atomic E-state index is -4.00. The Labute approximate surface area is 112 Å². The molecule has 1 aliphatic rings. The second-order valence-electron chi connectivity index (χ2n) is 4.01. The first-order chi connectivity index (χ1) is 8.40. The molecule has 0 radical (unpaired) electrons. The maximum absolute atomic E-state index is 13.6. The van der Waals surface area contributed by atoms with E-state index >= 15 is 0 Å². The first kappa shape index (κ1) is 13.9. The SMILES string of the molecule is O=S(=O)(N[C@@H]1CCNC1)c1c(F)cc(F)cc1Br. The molecule has 1 aromatic rings. The number of benzene rings is 1. The number of hydrogen-bond acceptors (Lipinski definition) is 3. The molecule has 18 heavy (non-hydrogen) atoms. The van der Waals surface area contributed by atoms with Crippen molar-refractivity contribution in [2.75, 3.05) is 13.1 Å². The monoisotopic (exact) mass is 340 g/mol. The Kier molecular flexibility index (Phi) is 4.00. The van der Waals surface area contributed by atoms with E-state index in [1.807, 2.05) is 0 Å². The van der Waals surface area contributed by atoms with Gasteiger partial charge in [0.25, 0.3) is 0 Å². The second kappa shape index (κ2) is 5.20. The Bertz CT molecular complexity index is 536. The fourth-order valence-electron chi connectivity index (χ4n) is 1.82. The first-order valence-electron chi connectivity index (χ1n) is 5.28. The maximum atomic E-state index is 13.6. The van der Waals surface area contributed by atoms with Gasteiger partial charge in [0.1, 0.15) is 16.5 Å². The molecule has 2 rings (SSSR count). The van der Waals surface area contributed by atoms with Gasteiger partial charge in [-0.15, -0.1) is 0 Å². The summed E-state index contributed by atoms with van der Waals surface area (Å²) in [6, 6.07) is 1.20. The molecule has 1 fully saturated rings. The highest BCUT2D eigenvalue weighted by atomic mass is 79.9. The molecule has 8 heteroatoms. The van der Waals surface area contributed by atoms with Crippen molar-refractivity contribution in [2.24, 2.45) is 0 Å². The molecule has 0 aliphatic carbocycles. The quantitative estimate of drug-likeness (QED) is 0.873. The fourth-order valence-corrected chi connectivity index (χ4v) is 4.26. The van der Waals surface area contributed by atoms with E-state index in [0.717, 1.165) is 6.07 Å². The van der Waals surface area contributed by atoms with E-state index in [2.05, 4.69) is 26.0 Å². The highest BCUT2D eigenvalue weighted by molar-refractivity contribution is 9.10. The van der Waals surface area contributed by atoms with Crippen LogP contribution in [0.1, 0.15) is 6.42 Å². The second-order valence-corrected chi connectivity index (χ2v) is 6.51. The summed E-state index contributed by atoms with van der Waals surface area (Å²) >= 11 is 2.87. The van der Waals surface area contributed by atoms with Crippen molar-refractivity contribution in [1.29, 1.82) is 0 Å². The van der Waals surface area contributed by atoms with Crippen molar-refractivity contribution in [3.05, 3.63) is 28.2 Å². The van der Waals surface area contributed by atoms with Gasteiger partial charge in [0, 0.05) is 23.1 Å². The summed E-state index contributed by atoms with van der Waals surface area (Å²) in [5.74, 6) is -1.94. The Morgan fingerprint density at radius 2 is 2.11 bits per heavy atom. The standard InChI is InChI=1S/C10H11BrF2N2O2S/c11-8-3-6(12)4-9(13)10(8)18(16,17)15-7-1-2-14-5-7/h3-4,7,14-15H,1-2,5H2/t7-/m1/s1. The molecular weight excluding hydrogens is 330 g/mol. The van der Waals surface area contributed by atoms with Crippen LogP contribution in [-0.2, 0) is 10.0 Å². The van der Waals surface area contributed by atoms with Crippen molar-refractivity contribution in [1.82, 2.24) is 10.0 Å². The number of hydrogen-bond donors (Lipinski definition) is 2. The van der Waals surface area contributed by atoms with Crippen LogP contribution >= 0.6 is 15.9 Å². The average molecular weight is 341 g/mol. The molecule has 1 aliphatic heterocycles. The normalized spacial score (nSPS) is 20.3. The zero-order valence-corrected chi connectivity index (χ0v) is 11.6. The van der Waals surface area contributed by atoms with Crippen molar-refractivity contribution >= 4 is 26.0 Å². The van der Waals surface area contributed by atoms with Gasteiger partial charge in [-0.25, -0.2) is 21.9 Å². The highest BCUT2D eigenvalue weighted by Gasteiger charge is 2.27. The van der Waals surface area contributed by atoms with Crippen LogP contribution in [0.5, 0.6) is 0 Å². The molecule has 1 heterocycles. The average Bonchev–Trinajstić information content (AvgIpc) is 2.66. The molecule has 4 nitrogen and oxygen atoms in total. The molecule has 0 amide bonds. The van der Waals surface area contributed by atoms with Gasteiger partial charge < -0.3 is 5.32 Å². The van der Waals surface area contributed by atoms with Crippen molar-refractivity contribution < 1.29 is 17.2 Å². The van der Waals surface area contributed by atoms with Crippen molar-refractivity contribution in [3.63, 3.8) is 0 Å². The molecule has 0 aromatic heterocycles. The lowest BCUT2D eigenvalue weighted by Gasteiger charge is -2.13. The van der Waals surface area contributed by atoms with Gasteiger partial charge in [0.05, 0.1) is 0 Å². The minimum Gasteiger partial charge on any atom is -0.315 e. The predicted molar refractivity (Wildman–Crippen MR) is 65.7 cm³/mol. The fraction of sp³-hybridized carbons (Fsp3) is 0.400. The van der Waals surface area contributed by atoms with Gasteiger partial charge in [0.15, 0.2) is 0 Å². The smallest absolute Gasteiger partial charge is 0.244 e. The van der Waals surface area contributed by atoms with Gasteiger partial charge in [-0.3, -0.25) is 0 Å². The number of sulfonamides is 1. The van der Waals surface area contributed by atoms with Crippen LogP contribution < -0.4 is 10.0 Å². The Morgan fingerprint density at radius 1 is 1.39 bits per heavy atom. The summed E-state index contributed by atoms with van der Waals surface area (Å²) in [6.45, 7) is 1.21. The zero-order chi connectivity index (χ0) is 13.3. The molecule has 1 saturated heterocycles. The van der Waals surface area contributed by atoms with Gasteiger partial charge >= 0.3 is 0 Å². The zero-order valence-electron chi connectivity index (χ0n) is 9.21. The lowest BCUT2D eigenvalue weighted by molar-refractivity contribution is 0.531. The van der Waals surface area contributed by atoms with E-state index < -0.39 is 26.6 Å². The molecule has 0 bridgehead atoms. The topological polar surface area (TPSA) is 58.2 Å². The van der Waals surface area contributed by atoms with Crippen LogP contribution in [0.3, 0.4) is 0 Å². The Balaban J connectivity index is 2.34. The summed E-state index contributed by atoms with van der Waals surface area (Å²) in [5.41, 5.74) is 0. The van der Waals surface area contributed by atoms with Crippen molar-refractivity contribution in [2.45, 2.75) is 17.4 Å². The summed E-state index contributed by atoms with van der Waals surface area (Å²) < 4.78 is 52.8. The molecule has 1 atom stereocenters. The van der Waals surface area contributed by atoms with Crippen LogP contribution in [0, 0.1) is 11.6 Å². The van der Waals surface area contributed by atoms with Crippen LogP contribution in [0.15, 0.2) is 21.5 Å². The van der Waals surface area contributed by atoms with Crippen molar-refractivity contribution in [3.8, 4) is 0 Å². The van der Waals surface area contributed by atoms with E-state index in [0.29, 0.717) is 25.6 Å². The molecule has 100 valence electrons. The third-order valence-corrected chi connectivity index (χ3v) is 5.10. The first-order valence-corrected chi connectivity index (χ1v) is 7.55. The summed E-state index contributed by atoms with van der Waals surface area (Å²) in [4.78, 5) is -0.559. The molecule has 0 spiro atoms. The number of rotatable bonds is 3. The Morgan fingerprint density at radius 3 is 2.67 bits per heavy atom. The molecule has 1 aromatic carbocycles. The van der Waals surface area contributed by atoms with Gasteiger partial charge in [-0.2, -0.15) is 0 Å². The minimum absolute atomic E-state index is 0.126. The highest BCUT2D eigenvalue weighted by Crippen LogP contribution is 2.26. The number of nitrogens with one attached hydrogen (secondary N) is 2. The molecular formula is C10H11BrF2N2O2S. The maximum Gasteiger partial charge on any atom is 0.244 e. The molecule has 0 unspecified atom stereocenters. The summed E-state index contributed by atoms with van der Waals surface area (Å²) in [6.07, 6.45) is 0.639.